The average Bonchev–Trinajstić information content (AvgIpc) is 3.43. The number of nitrogens with one attached hydrogen (secondary N) is 2. The fraction of sp³-hybridized carbons (Fsp3) is 0.280. The highest BCUT2D eigenvalue weighted by Gasteiger charge is 2.26. The van der Waals surface area contributed by atoms with Crippen LogP contribution in [0.1, 0.15) is 35.2 Å². The molecule has 0 spiro atoms. The molecule has 1 aromatic carbocycles. The minimum absolute atomic E-state index is 0.0114. The Labute approximate surface area is 190 Å². The Morgan fingerprint density at radius 1 is 1.27 bits per heavy atom. The molecule has 0 fully saturated rings. The summed E-state index contributed by atoms with van der Waals surface area (Å²) in [7, 11) is 3.62. The zero-order chi connectivity index (χ0) is 23.3. The van der Waals surface area contributed by atoms with E-state index >= 15 is 0 Å². The van der Waals surface area contributed by atoms with Gasteiger partial charge in [0.05, 0.1) is 17.4 Å². The number of halogens is 2. The van der Waals surface area contributed by atoms with Gasteiger partial charge in [-0.05, 0) is 49.1 Å². The Morgan fingerprint density at radius 2 is 2.09 bits per heavy atom. The van der Waals surface area contributed by atoms with E-state index in [1.54, 1.807) is 30.2 Å². The van der Waals surface area contributed by atoms with Crippen LogP contribution in [0.15, 0.2) is 43.4 Å². The average molecular weight is 449 g/mol. The highest BCUT2D eigenvalue weighted by molar-refractivity contribution is 5.95. The van der Waals surface area contributed by atoms with Crippen LogP contribution in [0.3, 0.4) is 0 Å². The lowest BCUT2D eigenvalue weighted by Crippen LogP contribution is -2.26. The summed E-state index contributed by atoms with van der Waals surface area (Å²) in [5, 5.41) is 8.27. The first kappa shape index (κ1) is 21.2. The van der Waals surface area contributed by atoms with Crippen LogP contribution in [0, 0.1) is 6.92 Å². The Morgan fingerprint density at radius 3 is 2.79 bits per heavy atom. The molecular weight excluding hydrogens is 422 g/mol. The third-order valence-electron chi connectivity index (χ3n) is 6.36. The van der Waals surface area contributed by atoms with E-state index < -0.39 is 6.43 Å². The van der Waals surface area contributed by atoms with Gasteiger partial charge in [-0.15, -0.1) is 0 Å². The second-order valence-electron chi connectivity index (χ2n) is 8.45. The van der Waals surface area contributed by atoms with E-state index in [0.29, 0.717) is 17.7 Å². The first-order valence-electron chi connectivity index (χ1n) is 10.9. The maximum absolute atomic E-state index is 14.1. The minimum atomic E-state index is -2.60. The molecule has 0 atom stereocenters. The zero-order valence-corrected chi connectivity index (χ0v) is 18.9. The van der Waals surface area contributed by atoms with E-state index in [1.807, 2.05) is 32.3 Å². The van der Waals surface area contributed by atoms with Crippen molar-refractivity contribution in [3.8, 4) is 11.1 Å². The van der Waals surface area contributed by atoms with Crippen molar-refractivity contribution in [3.05, 3.63) is 65.8 Å². The fourth-order valence-electron chi connectivity index (χ4n) is 4.67. The van der Waals surface area contributed by atoms with Gasteiger partial charge in [-0.3, -0.25) is 4.68 Å². The van der Waals surface area contributed by atoms with Crippen molar-refractivity contribution in [1.29, 1.82) is 0 Å². The van der Waals surface area contributed by atoms with Crippen molar-refractivity contribution in [2.24, 2.45) is 7.05 Å². The van der Waals surface area contributed by atoms with Crippen molar-refractivity contribution < 1.29 is 8.78 Å². The summed E-state index contributed by atoms with van der Waals surface area (Å²) in [6.07, 6.45) is 4.47. The third-order valence-corrected chi connectivity index (χ3v) is 6.36. The number of aryl methyl sites for hydroxylation is 3. The van der Waals surface area contributed by atoms with Crippen LogP contribution in [-0.4, -0.2) is 33.3 Å². The van der Waals surface area contributed by atoms with Crippen LogP contribution in [0.4, 0.5) is 20.3 Å². The molecule has 4 heterocycles. The standard InChI is InChI=1S/C25H26F2N6/c1-14(28-3)21-12-29-24-15(2)31-23(10-19(21)24)33-7-5-6-16-8-18(17-11-30-32(4)13-17)20(25(26)27)9-22(16)33/h8-13,25,28-29H,1,5-7H2,2-4H3. The van der Waals surface area contributed by atoms with E-state index in [0.717, 1.165) is 57.8 Å². The van der Waals surface area contributed by atoms with Gasteiger partial charge in [-0.2, -0.15) is 5.10 Å². The normalized spacial score (nSPS) is 13.6. The van der Waals surface area contributed by atoms with Gasteiger partial charge in [-0.1, -0.05) is 6.58 Å². The van der Waals surface area contributed by atoms with Gasteiger partial charge in [0.2, 0.25) is 0 Å². The monoisotopic (exact) mass is 448 g/mol. The molecule has 1 aliphatic rings. The molecule has 0 aliphatic carbocycles. The quantitative estimate of drug-likeness (QED) is 0.424. The zero-order valence-electron chi connectivity index (χ0n) is 18.9. The summed E-state index contributed by atoms with van der Waals surface area (Å²) >= 11 is 0. The number of alkyl halides is 2. The molecular formula is C25H26F2N6. The smallest absolute Gasteiger partial charge is 0.264 e. The van der Waals surface area contributed by atoms with E-state index in [9.17, 15) is 8.78 Å². The van der Waals surface area contributed by atoms with Crippen LogP contribution < -0.4 is 10.2 Å². The van der Waals surface area contributed by atoms with Crippen molar-refractivity contribution >= 4 is 28.1 Å². The lowest BCUT2D eigenvalue weighted by atomic mass is 9.93. The molecule has 0 radical (unpaired) electrons. The number of hydrogen-bond acceptors (Lipinski definition) is 4. The molecule has 6 nitrogen and oxygen atoms in total. The van der Waals surface area contributed by atoms with Gasteiger partial charge in [0.25, 0.3) is 6.43 Å². The summed E-state index contributed by atoms with van der Waals surface area (Å²) in [6, 6.07) is 5.55. The van der Waals surface area contributed by atoms with Gasteiger partial charge in [0, 0.05) is 66.5 Å². The van der Waals surface area contributed by atoms with Crippen LogP contribution in [0.2, 0.25) is 0 Å². The molecule has 1 aliphatic heterocycles. The van der Waals surface area contributed by atoms with E-state index in [4.69, 9.17) is 4.98 Å². The summed E-state index contributed by atoms with van der Waals surface area (Å²) in [4.78, 5) is 10.2. The van der Waals surface area contributed by atoms with Gasteiger partial charge >= 0.3 is 0 Å². The molecule has 5 rings (SSSR count). The second kappa shape index (κ2) is 8.03. The predicted octanol–water partition coefficient (Wildman–Crippen LogP) is 5.48. The minimum Gasteiger partial charge on any atom is -0.388 e. The lowest BCUT2D eigenvalue weighted by Gasteiger charge is -2.32. The number of benzene rings is 1. The van der Waals surface area contributed by atoms with Crippen LogP contribution in [-0.2, 0) is 13.5 Å². The molecule has 8 heteroatoms. The molecule has 3 aromatic heterocycles. The molecule has 2 N–H and O–H groups in total. The first-order chi connectivity index (χ1) is 15.9. The van der Waals surface area contributed by atoms with Crippen molar-refractivity contribution in [1.82, 2.24) is 25.1 Å². The number of pyridine rings is 1. The summed E-state index contributed by atoms with van der Waals surface area (Å²) in [5.74, 6) is 0.750. The van der Waals surface area contributed by atoms with Crippen LogP contribution in [0.5, 0.6) is 0 Å². The number of H-pyrrole nitrogens is 1. The number of aromatic nitrogens is 4. The number of anilines is 2. The predicted molar refractivity (Wildman–Crippen MR) is 128 cm³/mol. The lowest BCUT2D eigenvalue weighted by molar-refractivity contribution is 0.152. The Hall–Kier alpha value is -3.68. The largest absolute Gasteiger partial charge is 0.388 e. The number of fused-ring (bicyclic) bond motifs is 2. The molecule has 0 bridgehead atoms. The Kier molecular flexibility index (Phi) is 5.15. The number of rotatable bonds is 5. The third kappa shape index (κ3) is 3.55. The van der Waals surface area contributed by atoms with Crippen LogP contribution in [0.25, 0.3) is 27.7 Å². The highest BCUT2D eigenvalue weighted by atomic mass is 19.3. The SMILES string of the molecule is C=C(NC)c1c[nH]c2c(C)nc(N3CCCc4cc(-c5cnn(C)c5)c(C(F)F)cc43)cc12. The molecule has 4 aromatic rings. The Balaban J connectivity index is 1.66. The van der Waals surface area contributed by atoms with Crippen molar-refractivity contribution in [3.63, 3.8) is 0 Å². The van der Waals surface area contributed by atoms with E-state index in [2.05, 4.69) is 26.9 Å². The maximum atomic E-state index is 14.1. The molecule has 0 unspecified atom stereocenters. The van der Waals surface area contributed by atoms with Crippen molar-refractivity contribution in [2.75, 3.05) is 18.5 Å². The number of aromatic amines is 1. The van der Waals surface area contributed by atoms with Gasteiger partial charge in [0.1, 0.15) is 5.82 Å². The molecule has 170 valence electrons. The molecule has 0 saturated carbocycles. The number of hydrogen-bond donors (Lipinski definition) is 2. The van der Waals surface area contributed by atoms with Gasteiger partial charge < -0.3 is 15.2 Å². The topological polar surface area (TPSA) is 61.8 Å². The first-order valence-corrected chi connectivity index (χ1v) is 10.9. The highest BCUT2D eigenvalue weighted by Crippen LogP contribution is 2.41. The number of nitrogens with zero attached hydrogens (tertiary/aromatic N) is 4. The summed E-state index contributed by atoms with van der Waals surface area (Å²) < 4.78 is 29.9. The molecule has 33 heavy (non-hydrogen) atoms. The van der Waals surface area contributed by atoms with E-state index in [1.165, 1.54) is 0 Å². The maximum Gasteiger partial charge on any atom is 0.264 e. The van der Waals surface area contributed by atoms with Gasteiger partial charge in [0.15, 0.2) is 0 Å². The van der Waals surface area contributed by atoms with Crippen molar-refractivity contribution in [2.45, 2.75) is 26.2 Å². The molecule has 0 saturated heterocycles. The molecule has 0 amide bonds. The second-order valence-corrected chi connectivity index (χ2v) is 8.45. The van der Waals surface area contributed by atoms with E-state index in [-0.39, 0.29) is 5.56 Å². The van der Waals surface area contributed by atoms with Crippen LogP contribution >= 0.6 is 0 Å². The summed E-state index contributed by atoms with van der Waals surface area (Å²) in [5.41, 5.74) is 6.65. The van der Waals surface area contributed by atoms with Gasteiger partial charge in [-0.25, -0.2) is 13.8 Å². The summed E-state index contributed by atoms with van der Waals surface area (Å²) in [6.45, 7) is 6.76. The fourth-order valence-corrected chi connectivity index (χ4v) is 4.67. The Bertz CT molecular complexity index is 1370.